The summed E-state index contributed by atoms with van der Waals surface area (Å²) in [4.78, 5) is 0.291. The molecule has 27 heavy (non-hydrogen) atoms. The standard InChI is InChI=1S/C19H30N2O4S2/c1-14-9-15(2)13-20(12-14)27(24,25)19-11-16(3)18(10-17(19)4)21-7-5-6-8-26(21,22)23/h10-11,14-15H,5-9,12-13H2,1-4H3/t14-,15+. The van der Waals surface area contributed by atoms with Gasteiger partial charge in [0.1, 0.15) is 0 Å². The summed E-state index contributed by atoms with van der Waals surface area (Å²) in [5.74, 6) is 0.820. The van der Waals surface area contributed by atoms with Gasteiger partial charge in [-0.1, -0.05) is 13.8 Å². The first kappa shape index (κ1) is 20.6. The fraction of sp³-hybridized carbons (Fsp3) is 0.684. The van der Waals surface area contributed by atoms with Gasteiger partial charge in [0.15, 0.2) is 0 Å². The largest absolute Gasteiger partial charge is 0.270 e. The fourth-order valence-electron chi connectivity index (χ4n) is 4.32. The number of sulfonamides is 2. The summed E-state index contributed by atoms with van der Waals surface area (Å²) >= 11 is 0. The monoisotopic (exact) mass is 414 g/mol. The molecule has 6 nitrogen and oxygen atoms in total. The average molecular weight is 415 g/mol. The van der Waals surface area contributed by atoms with E-state index in [1.54, 1.807) is 30.3 Å². The second-order valence-corrected chi connectivity index (χ2v) is 12.2. The molecular formula is C19H30N2O4S2. The number of rotatable bonds is 3. The zero-order chi connectivity index (χ0) is 20.0. The second kappa shape index (κ2) is 7.37. The number of benzene rings is 1. The van der Waals surface area contributed by atoms with Crippen molar-refractivity contribution in [3.63, 3.8) is 0 Å². The zero-order valence-corrected chi connectivity index (χ0v) is 18.2. The van der Waals surface area contributed by atoms with E-state index >= 15 is 0 Å². The van der Waals surface area contributed by atoms with Crippen LogP contribution in [0.2, 0.25) is 0 Å². The van der Waals surface area contributed by atoms with Crippen molar-refractivity contribution < 1.29 is 16.8 Å². The number of nitrogens with zero attached hydrogens (tertiary/aromatic N) is 2. The van der Waals surface area contributed by atoms with Gasteiger partial charge in [-0.05, 0) is 68.2 Å². The molecule has 0 bridgehead atoms. The molecule has 0 spiro atoms. The fourth-order valence-corrected chi connectivity index (χ4v) is 7.99. The number of hydrogen-bond donors (Lipinski definition) is 0. The third-order valence-corrected chi connectivity index (χ3v) is 9.39. The van der Waals surface area contributed by atoms with E-state index in [4.69, 9.17) is 0 Å². The Balaban J connectivity index is 2.00. The third kappa shape index (κ3) is 4.03. The maximum atomic E-state index is 13.3. The van der Waals surface area contributed by atoms with Gasteiger partial charge in [-0.2, -0.15) is 4.31 Å². The Bertz CT molecular complexity index is 915. The lowest BCUT2D eigenvalue weighted by molar-refractivity contribution is 0.222. The summed E-state index contributed by atoms with van der Waals surface area (Å²) in [7, 11) is -6.92. The van der Waals surface area contributed by atoms with E-state index < -0.39 is 20.0 Å². The van der Waals surface area contributed by atoms with Crippen LogP contribution in [0.15, 0.2) is 17.0 Å². The van der Waals surface area contributed by atoms with Crippen molar-refractivity contribution in [2.24, 2.45) is 11.8 Å². The Labute approximate surface area is 163 Å². The summed E-state index contributed by atoms with van der Waals surface area (Å²) in [6.45, 7) is 9.24. The van der Waals surface area contributed by atoms with Gasteiger partial charge in [0.25, 0.3) is 0 Å². The lowest BCUT2D eigenvalue weighted by Gasteiger charge is -2.35. The van der Waals surface area contributed by atoms with E-state index in [0.29, 0.717) is 59.6 Å². The van der Waals surface area contributed by atoms with E-state index in [1.807, 2.05) is 0 Å². The quantitative estimate of drug-likeness (QED) is 0.762. The Morgan fingerprint density at radius 2 is 1.63 bits per heavy atom. The van der Waals surface area contributed by atoms with Gasteiger partial charge in [-0.15, -0.1) is 0 Å². The van der Waals surface area contributed by atoms with Gasteiger partial charge in [0.05, 0.1) is 16.3 Å². The van der Waals surface area contributed by atoms with Gasteiger partial charge in [0.2, 0.25) is 20.0 Å². The summed E-state index contributed by atoms with van der Waals surface area (Å²) in [6.07, 6.45) is 2.53. The Kier molecular flexibility index (Phi) is 5.62. The van der Waals surface area contributed by atoms with E-state index in [-0.39, 0.29) is 5.75 Å². The van der Waals surface area contributed by atoms with Crippen LogP contribution in [0.3, 0.4) is 0 Å². The summed E-state index contributed by atoms with van der Waals surface area (Å²) in [5.41, 5.74) is 1.89. The highest BCUT2D eigenvalue weighted by Crippen LogP contribution is 2.33. The minimum atomic E-state index is -3.59. The van der Waals surface area contributed by atoms with Crippen LogP contribution in [-0.2, 0) is 20.0 Å². The van der Waals surface area contributed by atoms with E-state index in [0.717, 1.165) is 12.8 Å². The molecule has 2 aliphatic heterocycles. The van der Waals surface area contributed by atoms with Crippen LogP contribution >= 0.6 is 0 Å². The van der Waals surface area contributed by atoms with Crippen molar-refractivity contribution in [1.82, 2.24) is 4.31 Å². The van der Waals surface area contributed by atoms with Crippen molar-refractivity contribution >= 4 is 25.7 Å². The van der Waals surface area contributed by atoms with Gasteiger partial charge < -0.3 is 0 Å². The number of anilines is 1. The first-order chi connectivity index (χ1) is 12.5. The van der Waals surface area contributed by atoms with Crippen LogP contribution in [0.25, 0.3) is 0 Å². The molecule has 2 fully saturated rings. The van der Waals surface area contributed by atoms with E-state index in [2.05, 4.69) is 13.8 Å². The molecule has 0 amide bonds. The smallest absolute Gasteiger partial charge is 0.243 e. The van der Waals surface area contributed by atoms with Crippen LogP contribution in [0, 0.1) is 25.7 Å². The van der Waals surface area contributed by atoms with Gasteiger partial charge in [-0.3, -0.25) is 4.31 Å². The molecule has 2 atom stereocenters. The molecule has 3 rings (SSSR count). The van der Waals surface area contributed by atoms with Crippen molar-refractivity contribution in [3.8, 4) is 0 Å². The van der Waals surface area contributed by atoms with E-state index in [9.17, 15) is 16.8 Å². The van der Waals surface area contributed by atoms with Crippen molar-refractivity contribution in [2.45, 2.75) is 51.9 Å². The molecule has 0 unspecified atom stereocenters. The minimum absolute atomic E-state index is 0.148. The Morgan fingerprint density at radius 3 is 2.22 bits per heavy atom. The molecule has 2 saturated heterocycles. The molecule has 8 heteroatoms. The number of hydrogen-bond acceptors (Lipinski definition) is 4. The lowest BCUT2D eigenvalue weighted by Crippen LogP contribution is -2.42. The Hall–Kier alpha value is -1.12. The lowest BCUT2D eigenvalue weighted by atomic mass is 9.94. The molecule has 0 radical (unpaired) electrons. The first-order valence-corrected chi connectivity index (χ1v) is 12.7. The highest BCUT2D eigenvalue weighted by atomic mass is 32.2. The van der Waals surface area contributed by atoms with Gasteiger partial charge in [0, 0.05) is 19.6 Å². The van der Waals surface area contributed by atoms with Crippen molar-refractivity contribution in [2.75, 3.05) is 29.7 Å². The number of aryl methyl sites for hydroxylation is 2. The zero-order valence-electron chi connectivity index (χ0n) is 16.6. The molecule has 0 saturated carbocycles. The second-order valence-electron chi connectivity index (χ2n) is 8.27. The van der Waals surface area contributed by atoms with Crippen molar-refractivity contribution in [3.05, 3.63) is 23.3 Å². The number of piperidine rings is 1. The molecule has 1 aromatic carbocycles. The highest BCUT2D eigenvalue weighted by Gasteiger charge is 2.34. The highest BCUT2D eigenvalue weighted by molar-refractivity contribution is 7.92. The SMILES string of the molecule is Cc1cc(S(=O)(=O)N2C[C@H](C)C[C@H](C)C2)c(C)cc1N1CCCCS1(=O)=O. The van der Waals surface area contributed by atoms with E-state index in [1.165, 1.54) is 4.31 Å². The average Bonchev–Trinajstić information content (AvgIpc) is 2.55. The van der Waals surface area contributed by atoms with Crippen LogP contribution in [0.4, 0.5) is 5.69 Å². The molecular weight excluding hydrogens is 384 g/mol. The van der Waals surface area contributed by atoms with Crippen LogP contribution in [0.1, 0.15) is 44.2 Å². The van der Waals surface area contributed by atoms with Crippen LogP contribution in [-0.4, -0.2) is 46.5 Å². The predicted molar refractivity (Wildman–Crippen MR) is 108 cm³/mol. The summed E-state index contributed by atoms with van der Waals surface area (Å²) < 4.78 is 54.4. The first-order valence-electron chi connectivity index (χ1n) is 9.64. The molecule has 152 valence electrons. The molecule has 0 N–H and O–H groups in total. The van der Waals surface area contributed by atoms with Crippen molar-refractivity contribution in [1.29, 1.82) is 0 Å². The van der Waals surface area contributed by atoms with Crippen LogP contribution < -0.4 is 4.31 Å². The molecule has 0 aromatic heterocycles. The minimum Gasteiger partial charge on any atom is -0.270 e. The topological polar surface area (TPSA) is 74.8 Å². The summed E-state index contributed by atoms with van der Waals surface area (Å²) in [5, 5.41) is 0. The third-order valence-electron chi connectivity index (χ3n) is 5.56. The Morgan fingerprint density at radius 1 is 1.00 bits per heavy atom. The maximum Gasteiger partial charge on any atom is 0.243 e. The normalized spacial score (nSPS) is 26.9. The van der Waals surface area contributed by atoms with Crippen LogP contribution in [0.5, 0.6) is 0 Å². The molecule has 2 aliphatic rings. The predicted octanol–water partition coefficient (Wildman–Crippen LogP) is 2.90. The maximum absolute atomic E-state index is 13.3. The molecule has 0 aliphatic carbocycles. The molecule has 1 aromatic rings. The van der Waals surface area contributed by atoms with Gasteiger partial charge >= 0.3 is 0 Å². The van der Waals surface area contributed by atoms with Gasteiger partial charge in [-0.25, -0.2) is 16.8 Å². The summed E-state index contributed by atoms with van der Waals surface area (Å²) in [6, 6.07) is 3.37. The molecule has 2 heterocycles.